The first kappa shape index (κ1) is 15.3. The molecule has 0 unspecified atom stereocenters. The van der Waals surface area contributed by atoms with Crippen molar-refractivity contribution in [3.8, 4) is 0 Å². The van der Waals surface area contributed by atoms with Crippen LogP contribution in [0.5, 0.6) is 0 Å². The van der Waals surface area contributed by atoms with Gasteiger partial charge in [-0.2, -0.15) is 5.10 Å². The molecule has 0 saturated heterocycles. The van der Waals surface area contributed by atoms with E-state index in [1.165, 1.54) is 18.3 Å². The lowest BCUT2D eigenvalue weighted by molar-refractivity contribution is 0.617. The number of rotatable bonds is 2. The number of nitrogens with one attached hydrogen (secondary N) is 2. The van der Waals surface area contributed by atoms with Crippen molar-refractivity contribution >= 4 is 23.0 Å². The van der Waals surface area contributed by atoms with Crippen molar-refractivity contribution in [1.82, 2.24) is 10.2 Å². The molecular weight excluding hydrogens is 324 g/mol. The Morgan fingerprint density at radius 3 is 2.64 bits per heavy atom. The topological polar surface area (TPSA) is 59.0 Å². The molecule has 0 aliphatic carbocycles. The first-order valence-electron chi connectivity index (χ1n) is 7.74. The van der Waals surface area contributed by atoms with E-state index in [0.717, 1.165) is 0 Å². The lowest BCUT2D eigenvalue weighted by atomic mass is 10.1. The number of nitrogens with zero attached hydrogens (tertiary/aromatic N) is 3. The molecule has 4 rings (SSSR count). The molecule has 0 saturated carbocycles. The van der Waals surface area contributed by atoms with E-state index in [1.54, 1.807) is 47.1 Å². The lowest BCUT2D eigenvalue weighted by Crippen LogP contribution is -2.45. The van der Waals surface area contributed by atoms with Crippen molar-refractivity contribution < 1.29 is 8.78 Å². The monoisotopic (exact) mass is 339 g/mol. The van der Waals surface area contributed by atoms with Crippen LogP contribution in [-0.4, -0.2) is 22.7 Å². The Morgan fingerprint density at radius 2 is 1.88 bits per heavy atom. The van der Waals surface area contributed by atoms with Gasteiger partial charge in [-0.1, -0.05) is 18.2 Å². The molecule has 2 heterocycles. The second kappa shape index (κ2) is 5.70. The molecule has 126 valence electrons. The highest BCUT2D eigenvalue weighted by molar-refractivity contribution is 6.13. The molecule has 0 atom stereocenters. The highest BCUT2D eigenvalue weighted by atomic mass is 19.1. The van der Waals surface area contributed by atoms with E-state index in [-0.39, 0.29) is 24.1 Å². The normalized spacial score (nSPS) is 14.0. The predicted molar refractivity (Wildman–Crippen MR) is 92.4 cm³/mol. The Balaban J connectivity index is 1.82. The maximum absolute atomic E-state index is 14.3. The highest BCUT2D eigenvalue weighted by Crippen LogP contribution is 2.35. The van der Waals surface area contributed by atoms with Gasteiger partial charge < -0.3 is 9.80 Å². The summed E-state index contributed by atoms with van der Waals surface area (Å²) < 4.78 is 28.3. The van der Waals surface area contributed by atoms with Gasteiger partial charge in [0, 0.05) is 5.69 Å². The van der Waals surface area contributed by atoms with Gasteiger partial charge in [0.15, 0.2) is 0 Å². The van der Waals surface area contributed by atoms with Crippen molar-refractivity contribution in [2.24, 2.45) is 0 Å². The van der Waals surface area contributed by atoms with Gasteiger partial charge in [0.25, 0.3) is 0 Å². The summed E-state index contributed by atoms with van der Waals surface area (Å²) in [5, 5.41) is 15.2. The molecule has 2 aromatic carbocycles. The maximum Gasteiger partial charge on any atom is 0.146 e. The van der Waals surface area contributed by atoms with E-state index in [0.29, 0.717) is 28.3 Å². The minimum atomic E-state index is -0.383. The van der Waals surface area contributed by atoms with Gasteiger partial charge in [-0.3, -0.25) is 10.5 Å². The van der Waals surface area contributed by atoms with E-state index in [9.17, 15) is 8.78 Å². The Kier molecular flexibility index (Phi) is 3.49. The maximum atomic E-state index is 14.3. The highest BCUT2D eigenvalue weighted by Gasteiger charge is 2.31. The zero-order valence-electron chi connectivity index (χ0n) is 13.4. The van der Waals surface area contributed by atoms with Crippen LogP contribution in [-0.2, 0) is 0 Å². The molecule has 1 aliphatic rings. The number of aromatic nitrogens is 2. The van der Waals surface area contributed by atoms with Crippen LogP contribution in [0.15, 0.2) is 48.7 Å². The van der Waals surface area contributed by atoms with Crippen LogP contribution in [0.4, 0.5) is 26.0 Å². The van der Waals surface area contributed by atoms with Crippen LogP contribution in [0.3, 0.4) is 0 Å². The van der Waals surface area contributed by atoms with Gasteiger partial charge in [-0.15, -0.1) is 0 Å². The summed E-state index contributed by atoms with van der Waals surface area (Å²) in [6, 6.07) is 11.2. The van der Waals surface area contributed by atoms with E-state index in [1.807, 2.05) is 0 Å². The summed E-state index contributed by atoms with van der Waals surface area (Å²) in [5.41, 5.74) is 1.94. The zero-order valence-corrected chi connectivity index (χ0v) is 13.4. The predicted octanol–water partition coefficient (Wildman–Crippen LogP) is 3.94. The first-order chi connectivity index (χ1) is 12.1. The summed E-state index contributed by atoms with van der Waals surface area (Å²) in [6.07, 6.45) is 1.52. The van der Waals surface area contributed by atoms with E-state index in [4.69, 9.17) is 5.41 Å². The van der Waals surface area contributed by atoms with Gasteiger partial charge in [0.2, 0.25) is 0 Å². The molecule has 1 aromatic heterocycles. The third-order valence-corrected chi connectivity index (χ3v) is 4.31. The second-order valence-corrected chi connectivity index (χ2v) is 5.86. The molecule has 25 heavy (non-hydrogen) atoms. The minimum absolute atomic E-state index is 0.164. The number of amidine groups is 1. The Hall–Kier alpha value is -3.22. The van der Waals surface area contributed by atoms with Crippen LogP contribution in [0.2, 0.25) is 0 Å². The van der Waals surface area contributed by atoms with Crippen molar-refractivity contribution in [2.75, 3.05) is 16.5 Å². The van der Waals surface area contributed by atoms with Gasteiger partial charge >= 0.3 is 0 Å². The second-order valence-electron chi connectivity index (χ2n) is 5.86. The number of aromatic amines is 1. The van der Waals surface area contributed by atoms with Crippen LogP contribution in [0.1, 0.15) is 11.1 Å². The van der Waals surface area contributed by atoms with Crippen molar-refractivity contribution in [1.29, 1.82) is 5.41 Å². The van der Waals surface area contributed by atoms with Crippen LogP contribution < -0.4 is 9.80 Å². The fourth-order valence-corrected chi connectivity index (χ4v) is 2.91. The number of fused-ring (bicyclic) bond motifs is 1. The van der Waals surface area contributed by atoms with Crippen LogP contribution in [0, 0.1) is 24.0 Å². The number of para-hydroxylation sites is 1. The number of hydrogen-bond donors (Lipinski definition) is 2. The Labute approximate surface area is 143 Å². The molecule has 0 fully saturated rings. The number of anilines is 3. The molecule has 7 heteroatoms. The number of halogens is 2. The Bertz CT molecular complexity index is 966. The van der Waals surface area contributed by atoms with Crippen LogP contribution in [0.25, 0.3) is 0 Å². The first-order valence-corrected chi connectivity index (χ1v) is 7.74. The molecule has 0 amide bonds. The van der Waals surface area contributed by atoms with Crippen LogP contribution >= 0.6 is 0 Å². The summed E-state index contributed by atoms with van der Waals surface area (Å²) in [4.78, 5) is 3.31. The Morgan fingerprint density at radius 1 is 1.08 bits per heavy atom. The SMILES string of the molecule is Cc1ccc(N2CN(c3ccccc3F)c3[nH]ncc3C2=N)cc1F. The number of hydrogen-bond acceptors (Lipinski definition) is 3. The van der Waals surface area contributed by atoms with Gasteiger partial charge in [-0.05, 0) is 36.8 Å². The summed E-state index contributed by atoms with van der Waals surface area (Å²) in [6.45, 7) is 1.85. The summed E-state index contributed by atoms with van der Waals surface area (Å²) in [5.74, 6) is -0.00854. The fraction of sp³-hybridized carbons (Fsp3) is 0.111. The van der Waals surface area contributed by atoms with E-state index >= 15 is 0 Å². The third-order valence-electron chi connectivity index (χ3n) is 4.31. The standard InChI is InChI=1S/C18H15F2N5/c1-11-6-7-12(8-15(11)20)24-10-25(16-5-3-2-4-14(16)19)18-13(17(24)21)9-22-23-18/h2-9,21H,10H2,1H3,(H,22,23). The van der Waals surface area contributed by atoms with E-state index < -0.39 is 0 Å². The van der Waals surface area contributed by atoms with Gasteiger partial charge in [-0.25, -0.2) is 8.78 Å². The minimum Gasteiger partial charge on any atom is -0.307 e. The number of benzene rings is 2. The molecule has 3 aromatic rings. The molecule has 2 N–H and O–H groups in total. The van der Waals surface area contributed by atoms with Gasteiger partial charge in [0.1, 0.15) is 30.0 Å². The van der Waals surface area contributed by atoms with E-state index in [2.05, 4.69) is 10.2 Å². The summed E-state index contributed by atoms with van der Waals surface area (Å²) >= 11 is 0. The van der Waals surface area contributed by atoms with Gasteiger partial charge in [0.05, 0.1) is 17.4 Å². The lowest BCUT2D eigenvalue weighted by Gasteiger charge is -2.37. The average molecular weight is 339 g/mol. The average Bonchev–Trinajstić information content (AvgIpc) is 3.09. The van der Waals surface area contributed by atoms with Crippen molar-refractivity contribution in [3.05, 3.63) is 71.4 Å². The van der Waals surface area contributed by atoms with Crippen molar-refractivity contribution in [3.63, 3.8) is 0 Å². The number of H-pyrrole nitrogens is 1. The molecule has 0 bridgehead atoms. The fourth-order valence-electron chi connectivity index (χ4n) is 2.91. The van der Waals surface area contributed by atoms with Crippen molar-refractivity contribution in [2.45, 2.75) is 6.92 Å². The molecule has 5 nitrogen and oxygen atoms in total. The smallest absolute Gasteiger partial charge is 0.146 e. The molecule has 0 radical (unpaired) electrons. The largest absolute Gasteiger partial charge is 0.307 e. The number of aryl methyl sites for hydroxylation is 1. The zero-order chi connectivity index (χ0) is 17.6. The quantitative estimate of drug-likeness (QED) is 0.743. The molecule has 1 aliphatic heterocycles. The molecular formula is C18H15F2N5. The summed E-state index contributed by atoms with van der Waals surface area (Å²) in [7, 11) is 0. The molecule has 0 spiro atoms. The third kappa shape index (κ3) is 2.44.